The molecule has 9 heteroatoms. The minimum absolute atomic E-state index is 0.00337. The maximum absolute atomic E-state index is 13.1. The van der Waals surface area contributed by atoms with E-state index in [0.29, 0.717) is 18.3 Å². The summed E-state index contributed by atoms with van der Waals surface area (Å²) in [5.41, 5.74) is 1.34. The van der Waals surface area contributed by atoms with Crippen molar-refractivity contribution in [1.29, 1.82) is 0 Å². The summed E-state index contributed by atoms with van der Waals surface area (Å²) in [4.78, 5) is 0.137. The lowest BCUT2D eigenvalue weighted by atomic mass is 9.93. The van der Waals surface area contributed by atoms with Crippen LogP contribution >= 0.6 is 11.3 Å². The second-order valence-corrected chi connectivity index (χ2v) is 14.7. The van der Waals surface area contributed by atoms with Crippen LogP contribution < -0.4 is 10.0 Å². The molecule has 6 nitrogen and oxygen atoms in total. The van der Waals surface area contributed by atoms with Gasteiger partial charge in [-0.25, -0.2) is 16.8 Å². The number of hydrogen-bond donors (Lipinski definition) is 2. The van der Waals surface area contributed by atoms with Crippen LogP contribution in [0.4, 0.5) is 5.69 Å². The van der Waals surface area contributed by atoms with E-state index >= 15 is 0 Å². The average molecular weight is 547 g/mol. The number of thiophene rings is 1. The van der Waals surface area contributed by atoms with E-state index < -0.39 is 19.9 Å². The van der Waals surface area contributed by atoms with Gasteiger partial charge in [0.15, 0.2) is 0 Å². The molecule has 2 aromatic carbocycles. The lowest BCUT2D eigenvalue weighted by Crippen LogP contribution is -2.28. The predicted octanol–water partition coefficient (Wildman–Crippen LogP) is 6.22. The van der Waals surface area contributed by atoms with Crippen LogP contribution in [0, 0.1) is 5.92 Å². The van der Waals surface area contributed by atoms with E-state index in [1.807, 2.05) is 12.1 Å². The summed E-state index contributed by atoms with van der Waals surface area (Å²) >= 11 is 0.752. The zero-order valence-electron chi connectivity index (χ0n) is 20.5. The zero-order valence-corrected chi connectivity index (χ0v) is 23.0. The van der Waals surface area contributed by atoms with Crippen molar-refractivity contribution in [3.05, 3.63) is 72.3 Å². The van der Waals surface area contributed by atoms with Crippen molar-refractivity contribution in [2.24, 2.45) is 5.92 Å². The SMILES string of the molecule is CC(CC1CCCCCC1)NCc1ccccc1NS(=O)(=O)c1ccc(S(=O)(=O)c2ccccc2)s1. The molecule has 1 fully saturated rings. The molecule has 0 saturated heterocycles. The minimum atomic E-state index is -3.95. The average Bonchev–Trinajstić information content (AvgIpc) is 3.26. The van der Waals surface area contributed by atoms with Gasteiger partial charge in [-0.1, -0.05) is 74.9 Å². The Morgan fingerprint density at radius 2 is 1.47 bits per heavy atom. The second-order valence-electron chi connectivity index (χ2n) is 9.53. The van der Waals surface area contributed by atoms with Crippen molar-refractivity contribution < 1.29 is 16.8 Å². The fourth-order valence-electron chi connectivity index (χ4n) is 4.74. The Morgan fingerprint density at radius 3 is 2.19 bits per heavy atom. The maximum Gasteiger partial charge on any atom is 0.271 e. The van der Waals surface area contributed by atoms with Crippen LogP contribution in [0.1, 0.15) is 57.4 Å². The van der Waals surface area contributed by atoms with E-state index in [-0.39, 0.29) is 13.3 Å². The lowest BCUT2D eigenvalue weighted by Gasteiger charge is -2.21. The van der Waals surface area contributed by atoms with Crippen LogP contribution in [0.5, 0.6) is 0 Å². The molecule has 1 unspecified atom stereocenters. The van der Waals surface area contributed by atoms with Gasteiger partial charge < -0.3 is 5.32 Å². The van der Waals surface area contributed by atoms with Crippen molar-refractivity contribution in [1.82, 2.24) is 5.32 Å². The Labute approximate surface area is 219 Å². The highest BCUT2D eigenvalue weighted by Crippen LogP contribution is 2.32. The highest BCUT2D eigenvalue weighted by molar-refractivity contribution is 7.96. The van der Waals surface area contributed by atoms with Gasteiger partial charge in [0.2, 0.25) is 9.84 Å². The molecule has 3 aromatic rings. The fourth-order valence-corrected chi connectivity index (χ4v) is 9.03. The molecule has 36 heavy (non-hydrogen) atoms. The number of para-hydroxylation sites is 1. The topological polar surface area (TPSA) is 92.3 Å². The Hall–Kier alpha value is -2.20. The molecule has 2 N–H and O–H groups in total. The Morgan fingerprint density at radius 1 is 0.833 bits per heavy atom. The molecule has 1 saturated carbocycles. The van der Waals surface area contributed by atoms with Crippen LogP contribution in [-0.2, 0) is 26.4 Å². The van der Waals surface area contributed by atoms with E-state index in [1.54, 1.807) is 30.3 Å². The Bertz CT molecular complexity index is 1340. The maximum atomic E-state index is 13.1. The number of benzene rings is 2. The van der Waals surface area contributed by atoms with Gasteiger partial charge in [0.1, 0.15) is 8.42 Å². The van der Waals surface area contributed by atoms with Crippen LogP contribution in [0.25, 0.3) is 0 Å². The van der Waals surface area contributed by atoms with Crippen LogP contribution in [0.15, 0.2) is 80.0 Å². The molecule has 1 aliphatic rings. The predicted molar refractivity (Wildman–Crippen MR) is 146 cm³/mol. The van der Waals surface area contributed by atoms with Gasteiger partial charge in [-0.3, -0.25) is 4.72 Å². The molecular formula is C27H34N2O4S3. The molecule has 0 amide bonds. The number of anilines is 1. The third kappa shape index (κ3) is 6.76. The molecule has 0 bridgehead atoms. The molecule has 0 radical (unpaired) electrons. The number of rotatable bonds is 10. The number of nitrogens with one attached hydrogen (secondary N) is 2. The largest absolute Gasteiger partial charge is 0.310 e. The third-order valence-corrected chi connectivity index (χ3v) is 11.9. The number of sulfonamides is 1. The summed E-state index contributed by atoms with van der Waals surface area (Å²) in [5.74, 6) is 0.754. The summed E-state index contributed by atoms with van der Waals surface area (Å²) in [6.45, 7) is 2.74. The minimum Gasteiger partial charge on any atom is -0.310 e. The first-order valence-electron chi connectivity index (χ1n) is 12.5. The first-order chi connectivity index (χ1) is 17.3. The molecule has 0 aliphatic heterocycles. The highest BCUT2D eigenvalue weighted by Gasteiger charge is 2.25. The summed E-state index contributed by atoms with van der Waals surface area (Å²) in [5, 5.41) is 3.56. The molecule has 1 heterocycles. The van der Waals surface area contributed by atoms with E-state index in [1.165, 1.54) is 62.8 Å². The third-order valence-electron chi connectivity index (χ3n) is 6.70. The van der Waals surface area contributed by atoms with E-state index in [0.717, 1.165) is 29.2 Å². The Kier molecular flexibility index (Phi) is 8.87. The van der Waals surface area contributed by atoms with Crippen molar-refractivity contribution >= 4 is 36.9 Å². The first-order valence-corrected chi connectivity index (χ1v) is 16.3. The van der Waals surface area contributed by atoms with Crippen molar-refractivity contribution in [2.75, 3.05) is 4.72 Å². The number of sulfone groups is 1. The van der Waals surface area contributed by atoms with Gasteiger partial charge in [0.05, 0.1) is 10.6 Å². The normalized spacial score (nSPS) is 16.4. The highest BCUT2D eigenvalue weighted by atomic mass is 32.3. The van der Waals surface area contributed by atoms with Crippen molar-refractivity contribution in [3.8, 4) is 0 Å². The van der Waals surface area contributed by atoms with Gasteiger partial charge >= 0.3 is 0 Å². The summed E-state index contributed by atoms with van der Waals surface area (Å²) in [6, 6.07) is 18.4. The van der Waals surface area contributed by atoms with E-state index in [4.69, 9.17) is 0 Å². The van der Waals surface area contributed by atoms with Crippen LogP contribution in [-0.4, -0.2) is 22.9 Å². The molecule has 1 atom stereocenters. The zero-order chi connectivity index (χ0) is 25.6. The Balaban J connectivity index is 1.43. The summed E-state index contributed by atoms with van der Waals surface area (Å²) in [6.07, 6.45) is 9.04. The summed E-state index contributed by atoms with van der Waals surface area (Å²) in [7, 11) is -7.72. The smallest absolute Gasteiger partial charge is 0.271 e. The van der Waals surface area contributed by atoms with Crippen LogP contribution in [0.3, 0.4) is 0 Å². The molecule has 194 valence electrons. The first kappa shape index (κ1) is 26.9. The fraction of sp³-hybridized carbons (Fsp3) is 0.407. The van der Waals surface area contributed by atoms with E-state index in [2.05, 4.69) is 17.0 Å². The van der Waals surface area contributed by atoms with E-state index in [9.17, 15) is 16.8 Å². The summed E-state index contributed by atoms with van der Waals surface area (Å²) < 4.78 is 54.7. The second kappa shape index (κ2) is 11.9. The van der Waals surface area contributed by atoms with Crippen molar-refractivity contribution in [2.45, 2.75) is 77.8 Å². The van der Waals surface area contributed by atoms with Gasteiger partial charge in [-0.05, 0) is 55.2 Å². The van der Waals surface area contributed by atoms with Gasteiger partial charge in [-0.2, -0.15) is 0 Å². The molecule has 4 rings (SSSR count). The van der Waals surface area contributed by atoms with Gasteiger partial charge in [-0.15, -0.1) is 11.3 Å². The molecule has 0 spiro atoms. The molecular weight excluding hydrogens is 513 g/mol. The number of hydrogen-bond acceptors (Lipinski definition) is 6. The van der Waals surface area contributed by atoms with Crippen molar-refractivity contribution in [3.63, 3.8) is 0 Å². The monoisotopic (exact) mass is 546 g/mol. The van der Waals surface area contributed by atoms with Gasteiger partial charge in [0, 0.05) is 12.6 Å². The quantitative estimate of drug-likeness (QED) is 0.295. The standard InChI is InChI=1S/C27H34N2O4S3/c1-21(19-22-11-5-2-3-6-12-22)28-20-23-13-9-10-16-25(23)29-36(32,33)27-18-17-26(34-27)35(30,31)24-14-7-4-8-15-24/h4,7-10,13-18,21-22,28-29H,2-3,5-6,11-12,19-20H2,1H3. The van der Waals surface area contributed by atoms with Crippen LogP contribution in [0.2, 0.25) is 0 Å². The molecule has 1 aliphatic carbocycles. The lowest BCUT2D eigenvalue weighted by molar-refractivity contribution is 0.363. The molecule has 1 aromatic heterocycles. The van der Waals surface area contributed by atoms with Gasteiger partial charge in [0.25, 0.3) is 10.0 Å².